The molecule has 1 amide bonds. The first-order valence-electron chi connectivity index (χ1n) is 26.5. The van der Waals surface area contributed by atoms with Gasteiger partial charge in [0.05, 0.1) is 33.8 Å². The zero-order chi connectivity index (χ0) is 47.3. The first kappa shape index (κ1) is 62.0. The van der Waals surface area contributed by atoms with Crippen LogP contribution >= 0.6 is 7.82 Å². The van der Waals surface area contributed by atoms with E-state index < -0.39 is 20.0 Å². The average molecular weight is 922 g/mol. The maximum absolute atomic E-state index is 13.4. The quantitative estimate of drug-likeness (QED) is 0.0156. The van der Waals surface area contributed by atoms with Crippen molar-refractivity contribution in [3.8, 4) is 0 Å². The topological polar surface area (TPSA) is 111 Å². The second-order valence-electron chi connectivity index (χ2n) is 19.1. The number of unbranched alkanes of at least 4 members (excludes halogenated alkanes) is 27. The summed E-state index contributed by atoms with van der Waals surface area (Å²) in [4.78, 5) is 37.4. The fourth-order valence-corrected chi connectivity index (χ4v) is 8.20. The lowest BCUT2D eigenvalue weighted by atomic mass is 10.0. The van der Waals surface area contributed by atoms with Crippen molar-refractivity contribution >= 4 is 19.7 Å². The minimum absolute atomic E-state index is 0.0386. The number of ether oxygens (including phenoxy) is 1. The lowest BCUT2D eigenvalue weighted by Gasteiger charge is -2.27. The molecular weight excluding hydrogens is 820 g/mol. The van der Waals surface area contributed by atoms with Crippen molar-refractivity contribution in [1.29, 1.82) is 0 Å². The van der Waals surface area contributed by atoms with E-state index in [1.54, 1.807) is 0 Å². The predicted octanol–water partition coefficient (Wildman–Crippen LogP) is 15.4. The van der Waals surface area contributed by atoms with Gasteiger partial charge in [-0.15, -0.1) is 0 Å². The fourth-order valence-electron chi connectivity index (χ4n) is 7.47. The molecule has 0 rings (SSSR count). The highest BCUT2D eigenvalue weighted by Gasteiger charge is 2.30. The summed E-state index contributed by atoms with van der Waals surface area (Å²) in [5.41, 5.74) is 0. The van der Waals surface area contributed by atoms with Crippen LogP contribution in [-0.4, -0.2) is 74.3 Å². The molecule has 0 aromatic heterocycles. The van der Waals surface area contributed by atoms with Crippen LogP contribution in [0.5, 0.6) is 0 Å². The number of amides is 1. The Bertz CT molecular complexity index is 1240. The largest absolute Gasteiger partial charge is 0.472 e. The van der Waals surface area contributed by atoms with Gasteiger partial charge in [-0.1, -0.05) is 217 Å². The number of quaternary nitrogens is 1. The number of hydrogen-bond acceptors (Lipinski definition) is 6. The van der Waals surface area contributed by atoms with Crippen LogP contribution in [0.15, 0.2) is 48.6 Å². The van der Waals surface area contributed by atoms with Crippen LogP contribution in [0.3, 0.4) is 0 Å². The molecule has 0 fully saturated rings. The van der Waals surface area contributed by atoms with E-state index in [2.05, 4.69) is 62.5 Å². The van der Waals surface area contributed by atoms with Gasteiger partial charge in [-0.25, -0.2) is 4.57 Å². The Morgan fingerprint density at radius 3 is 1.48 bits per heavy atom. The molecule has 0 aliphatic rings. The first-order chi connectivity index (χ1) is 30.9. The van der Waals surface area contributed by atoms with Gasteiger partial charge in [-0.2, -0.15) is 0 Å². The summed E-state index contributed by atoms with van der Waals surface area (Å²) in [6, 6.07) is -0.848. The number of phosphoric acid groups is 1. The third-order valence-electron chi connectivity index (χ3n) is 11.6. The molecule has 0 spiro atoms. The number of phosphoric ester groups is 1. The smallest absolute Gasteiger partial charge is 0.456 e. The second-order valence-corrected chi connectivity index (χ2v) is 20.5. The summed E-state index contributed by atoms with van der Waals surface area (Å²) >= 11 is 0. The van der Waals surface area contributed by atoms with Crippen molar-refractivity contribution in [2.75, 3.05) is 40.9 Å². The molecule has 374 valence electrons. The molecule has 2 N–H and O–H groups in total. The van der Waals surface area contributed by atoms with Crippen molar-refractivity contribution < 1.29 is 37.3 Å². The number of esters is 1. The Hall–Kier alpha value is -2.03. The van der Waals surface area contributed by atoms with Crippen LogP contribution in [0.4, 0.5) is 0 Å². The van der Waals surface area contributed by atoms with E-state index in [-0.39, 0.29) is 31.5 Å². The molecule has 0 bridgehead atoms. The Morgan fingerprint density at radius 1 is 0.562 bits per heavy atom. The fraction of sp³-hybridized carbons (Fsp3) is 0.815. The Morgan fingerprint density at radius 2 is 1.00 bits per heavy atom. The molecule has 9 nitrogen and oxygen atoms in total. The lowest BCUT2D eigenvalue weighted by molar-refractivity contribution is -0.870. The standard InChI is InChI=1S/C54H101N2O7P/c1-7-10-13-16-19-22-25-27-28-29-32-35-38-41-44-47-54(58)63-52(45-42-39-36-33-31-26-23-20-17-14-11-8-2)51(50-62-64(59,60)61-49-48-56(4,5)6)55-53(57)46-43-40-37-34-30-24-21-18-15-12-9-3/h10,13,16,19,22,25,42,45,51-52H,7-9,11-12,14-15,17-18,20-21,23-24,26-41,43-44,46-50H2,1-6H3,(H-,55,57,59,60)/p+1/b13-10+,19-16+,25-22+,45-42+. The molecule has 0 saturated carbocycles. The predicted molar refractivity (Wildman–Crippen MR) is 272 cm³/mol. The van der Waals surface area contributed by atoms with Gasteiger partial charge in [0.15, 0.2) is 0 Å². The van der Waals surface area contributed by atoms with Crippen molar-refractivity contribution in [2.24, 2.45) is 0 Å². The maximum atomic E-state index is 13.4. The molecule has 64 heavy (non-hydrogen) atoms. The van der Waals surface area contributed by atoms with Gasteiger partial charge in [-0.05, 0) is 51.0 Å². The molecule has 10 heteroatoms. The van der Waals surface area contributed by atoms with E-state index >= 15 is 0 Å². The normalized spacial score (nSPS) is 14.3. The zero-order valence-electron chi connectivity index (χ0n) is 42.5. The minimum atomic E-state index is -4.44. The summed E-state index contributed by atoms with van der Waals surface area (Å²) in [5.74, 6) is -0.518. The monoisotopic (exact) mass is 922 g/mol. The Balaban J connectivity index is 5.42. The zero-order valence-corrected chi connectivity index (χ0v) is 43.4. The number of carbonyl (C=O) groups is 2. The first-order valence-corrected chi connectivity index (χ1v) is 28.0. The maximum Gasteiger partial charge on any atom is 0.472 e. The van der Waals surface area contributed by atoms with Gasteiger partial charge in [0.1, 0.15) is 19.3 Å². The number of rotatable bonds is 47. The van der Waals surface area contributed by atoms with Crippen LogP contribution in [0.1, 0.15) is 233 Å². The summed E-state index contributed by atoms with van der Waals surface area (Å²) in [6.07, 6.45) is 52.4. The number of allylic oxidation sites excluding steroid dienone is 7. The average Bonchev–Trinajstić information content (AvgIpc) is 3.25. The van der Waals surface area contributed by atoms with Gasteiger partial charge in [0, 0.05) is 12.8 Å². The molecule has 0 saturated heterocycles. The van der Waals surface area contributed by atoms with E-state index in [9.17, 15) is 19.0 Å². The highest BCUT2D eigenvalue weighted by molar-refractivity contribution is 7.47. The molecule has 3 atom stereocenters. The van der Waals surface area contributed by atoms with Crippen LogP contribution in [0, 0.1) is 0 Å². The summed E-state index contributed by atoms with van der Waals surface area (Å²) in [7, 11) is 1.49. The molecular formula is C54H102N2O7P+. The van der Waals surface area contributed by atoms with Crippen molar-refractivity contribution in [3.05, 3.63) is 48.6 Å². The highest BCUT2D eigenvalue weighted by Crippen LogP contribution is 2.43. The Labute approximate surface area is 395 Å². The van der Waals surface area contributed by atoms with Gasteiger partial charge in [-0.3, -0.25) is 18.6 Å². The number of nitrogens with zero attached hydrogens (tertiary/aromatic N) is 1. The van der Waals surface area contributed by atoms with Crippen LogP contribution < -0.4 is 5.32 Å². The second kappa shape index (κ2) is 44.8. The number of hydrogen-bond donors (Lipinski definition) is 2. The summed E-state index contributed by atoms with van der Waals surface area (Å²) in [6.45, 7) is 6.86. The van der Waals surface area contributed by atoms with Gasteiger partial charge < -0.3 is 19.4 Å². The third kappa shape index (κ3) is 45.1. The van der Waals surface area contributed by atoms with E-state index in [0.29, 0.717) is 17.4 Å². The van der Waals surface area contributed by atoms with Gasteiger partial charge >= 0.3 is 13.8 Å². The van der Waals surface area contributed by atoms with Crippen LogP contribution in [0.25, 0.3) is 0 Å². The van der Waals surface area contributed by atoms with Crippen LogP contribution in [-0.2, 0) is 27.9 Å². The highest BCUT2D eigenvalue weighted by atomic mass is 31.2. The lowest BCUT2D eigenvalue weighted by Crippen LogP contribution is -2.47. The summed E-state index contributed by atoms with van der Waals surface area (Å²) < 4.78 is 30.5. The van der Waals surface area contributed by atoms with Gasteiger partial charge in [0.25, 0.3) is 0 Å². The van der Waals surface area contributed by atoms with E-state index in [0.717, 1.165) is 77.0 Å². The Kier molecular flexibility index (Phi) is 43.4. The molecule has 0 aliphatic heterocycles. The number of likely N-dealkylation sites (N-methyl/N-ethyl adjacent to an activating group) is 1. The molecule has 0 heterocycles. The summed E-state index contributed by atoms with van der Waals surface area (Å²) in [5, 5.41) is 3.03. The molecule has 0 radical (unpaired) electrons. The van der Waals surface area contributed by atoms with E-state index in [4.69, 9.17) is 13.8 Å². The van der Waals surface area contributed by atoms with Crippen molar-refractivity contribution in [3.63, 3.8) is 0 Å². The van der Waals surface area contributed by atoms with E-state index in [1.807, 2.05) is 33.3 Å². The molecule has 0 aromatic carbocycles. The molecule has 3 unspecified atom stereocenters. The third-order valence-corrected chi connectivity index (χ3v) is 12.6. The SMILES string of the molecule is CC/C=C/C=C/C=C/CCCCCCCCCC(=O)OC(/C=C/CCCCCCCCCCCC)C(COP(=O)(O)OCC[N+](C)(C)C)NC(=O)CCCCCCCCCCCCC. The van der Waals surface area contributed by atoms with Crippen molar-refractivity contribution in [1.82, 2.24) is 5.32 Å². The molecule has 0 aliphatic carbocycles. The van der Waals surface area contributed by atoms with Crippen LogP contribution in [0.2, 0.25) is 0 Å². The number of nitrogens with one attached hydrogen (secondary N) is 1. The minimum Gasteiger partial charge on any atom is -0.456 e. The molecule has 0 aromatic rings. The number of carbonyl (C=O) groups excluding carboxylic acids is 2. The van der Waals surface area contributed by atoms with Gasteiger partial charge in [0.2, 0.25) is 5.91 Å². The van der Waals surface area contributed by atoms with Crippen molar-refractivity contribution in [2.45, 2.75) is 245 Å². The van der Waals surface area contributed by atoms with E-state index in [1.165, 1.54) is 122 Å².